The molecule has 160 valence electrons. The Morgan fingerprint density at radius 3 is 2.52 bits per heavy atom. The minimum absolute atomic E-state index is 0.0355. The molecule has 0 amide bonds. The number of hydrogen-bond acceptors (Lipinski definition) is 8. The van der Waals surface area contributed by atoms with Crippen molar-refractivity contribution in [3.05, 3.63) is 65.5 Å². The Kier molecular flexibility index (Phi) is 3.88. The number of nitrogens with one attached hydrogen (secondary N) is 3. The van der Waals surface area contributed by atoms with Gasteiger partial charge in [-0.15, -0.1) is 0 Å². The molecule has 11 nitrogen and oxygen atoms in total. The van der Waals surface area contributed by atoms with Crippen LogP contribution in [0.1, 0.15) is 43.7 Å². The number of fused-ring (bicyclic) bond motifs is 2. The maximum absolute atomic E-state index is 13.2. The Balaban J connectivity index is 1.84. The molecule has 1 aromatic carbocycles. The van der Waals surface area contributed by atoms with Crippen LogP contribution < -0.4 is 26.0 Å². The number of H-pyrrole nitrogens is 2. The number of carbonyl (C=O) groups is 1. The third kappa shape index (κ3) is 2.92. The van der Waals surface area contributed by atoms with Gasteiger partial charge in [0.15, 0.2) is 17.3 Å². The first kappa shape index (κ1) is 19.1. The van der Waals surface area contributed by atoms with E-state index in [1.165, 1.54) is 12.1 Å². The minimum Gasteiger partial charge on any atom is -0.454 e. The molecule has 3 N–H and O–H groups in total. The number of allylic oxidation sites excluding steroid dienone is 2. The highest BCUT2D eigenvalue weighted by molar-refractivity contribution is 6.01. The molecule has 1 aromatic heterocycles. The number of nitrogens with zero attached hydrogens (tertiary/aromatic N) is 1. The number of aromatic amines is 2. The van der Waals surface area contributed by atoms with Gasteiger partial charge in [0.1, 0.15) is 5.82 Å². The summed E-state index contributed by atoms with van der Waals surface area (Å²) in [5.74, 6) is -0.648. The molecule has 2 aromatic rings. The predicted octanol–water partition coefficient (Wildman–Crippen LogP) is 1.90. The number of anilines is 1. The summed E-state index contributed by atoms with van der Waals surface area (Å²) in [6.07, 6.45) is 0.691. The third-order valence-electron chi connectivity index (χ3n) is 5.78. The maximum atomic E-state index is 13.2. The molecule has 3 heterocycles. The van der Waals surface area contributed by atoms with E-state index in [-0.39, 0.29) is 64.1 Å². The van der Waals surface area contributed by atoms with Crippen molar-refractivity contribution in [3.63, 3.8) is 0 Å². The van der Waals surface area contributed by atoms with Gasteiger partial charge in [-0.3, -0.25) is 29.7 Å². The Hall–Kier alpha value is -3.89. The molecular weight excluding hydrogens is 408 g/mol. The number of nitro benzene ring substituents is 1. The number of aromatic nitrogens is 2. The lowest BCUT2D eigenvalue weighted by Gasteiger charge is -2.38. The molecule has 5 rings (SSSR count). The minimum atomic E-state index is -1.05. The van der Waals surface area contributed by atoms with Crippen molar-refractivity contribution < 1.29 is 19.2 Å². The van der Waals surface area contributed by atoms with Gasteiger partial charge in [0, 0.05) is 23.3 Å². The summed E-state index contributed by atoms with van der Waals surface area (Å²) >= 11 is 0. The van der Waals surface area contributed by atoms with Crippen LogP contribution in [0.2, 0.25) is 0 Å². The van der Waals surface area contributed by atoms with Crippen molar-refractivity contribution in [3.8, 4) is 11.5 Å². The van der Waals surface area contributed by atoms with E-state index >= 15 is 0 Å². The Labute approximate surface area is 174 Å². The van der Waals surface area contributed by atoms with Crippen molar-refractivity contribution in [2.24, 2.45) is 5.41 Å². The fourth-order valence-corrected chi connectivity index (χ4v) is 4.59. The van der Waals surface area contributed by atoms with Crippen molar-refractivity contribution in [1.82, 2.24) is 9.97 Å². The van der Waals surface area contributed by atoms with E-state index in [4.69, 9.17) is 9.47 Å². The average Bonchev–Trinajstić information content (AvgIpc) is 3.11. The number of benzene rings is 1. The highest BCUT2D eigenvalue weighted by atomic mass is 16.7. The molecule has 1 atom stereocenters. The summed E-state index contributed by atoms with van der Waals surface area (Å²) < 4.78 is 10.7. The van der Waals surface area contributed by atoms with Crippen molar-refractivity contribution in [2.75, 3.05) is 12.1 Å². The fourth-order valence-electron chi connectivity index (χ4n) is 4.59. The second-order valence-electron chi connectivity index (χ2n) is 8.61. The number of hydrogen-bond donors (Lipinski definition) is 3. The van der Waals surface area contributed by atoms with Crippen LogP contribution in [-0.2, 0) is 4.79 Å². The normalized spacial score (nSPS) is 20.7. The van der Waals surface area contributed by atoms with Crippen LogP contribution >= 0.6 is 0 Å². The molecule has 11 heteroatoms. The zero-order chi connectivity index (χ0) is 22.1. The monoisotopic (exact) mass is 426 g/mol. The van der Waals surface area contributed by atoms with Crippen LogP contribution in [0.3, 0.4) is 0 Å². The molecule has 2 aliphatic heterocycles. The molecular formula is C20H18N4O7. The second kappa shape index (κ2) is 6.30. The van der Waals surface area contributed by atoms with Crippen molar-refractivity contribution in [2.45, 2.75) is 32.6 Å². The summed E-state index contributed by atoms with van der Waals surface area (Å²) in [5.41, 5.74) is -1.14. The van der Waals surface area contributed by atoms with Crippen LogP contribution in [0.25, 0.3) is 0 Å². The fraction of sp³-hybridized carbons (Fsp3) is 0.350. The first-order chi connectivity index (χ1) is 14.6. The standard InChI is InChI=1S/C20H18N4O7/c1-20(2)5-9-15(11(25)6-20)14(16-17(21-9)22-19(27)23-18(16)26)8-3-12-13(31-7-30-12)4-10(8)24(28)29/h3-4,14H,5-7H2,1-2H3,(H3,21,22,23,26,27). The van der Waals surface area contributed by atoms with Gasteiger partial charge in [0.2, 0.25) is 6.79 Å². The number of rotatable bonds is 2. The largest absolute Gasteiger partial charge is 0.454 e. The average molecular weight is 426 g/mol. The Morgan fingerprint density at radius 1 is 1.10 bits per heavy atom. The van der Waals surface area contributed by atoms with Gasteiger partial charge in [-0.25, -0.2) is 4.79 Å². The summed E-state index contributed by atoms with van der Waals surface area (Å²) in [5, 5.41) is 14.9. The van der Waals surface area contributed by atoms with Gasteiger partial charge in [-0.05, 0) is 17.9 Å². The van der Waals surface area contributed by atoms with Gasteiger partial charge >= 0.3 is 5.69 Å². The first-order valence-corrected chi connectivity index (χ1v) is 9.62. The predicted molar refractivity (Wildman–Crippen MR) is 107 cm³/mol. The van der Waals surface area contributed by atoms with E-state index in [2.05, 4.69) is 15.3 Å². The molecule has 31 heavy (non-hydrogen) atoms. The Morgan fingerprint density at radius 2 is 1.81 bits per heavy atom. The van der Waals surface area contributed by atoms with E-state index < -0.39 is 22.1 Å². The first-order valence-electron chi connectivity index (χ1n) is 9.62. The quantitative estimate of drug-likeness (QED) is 0.485. The zero-order valence-corrected chi connectivity index (χ0v) is 16.7. The molecule has 3 aliphatic rings. The number of carbonyl (C=O) groups excluding carboxylic acids is 1. The number of ether oxygens (including phenoxy) is 2. The van der Waals surface area contributed by atoms with Crippen LogP contribution in [0.15, 0.2) is 33.0 Å². The molecule has 0 spiro atoms. The Bertz CT molecular complexity index is 1320. The lowest BCUT2D eigenvalue weighted by atomic mass is 9.69. The molecule has 0 saturated heterocycles. The zero-order valence-electron chi connectivity index (χ0n) is 16.7. The highest BCUT2D eigenvalue weighted by Gasteiger charge is 2.44. The van der Waals surface area contributed by atoms with Crippen LogP contribution in [0, 0.1) is 15.5 Å². The van der Waals surface area contributed by atoms with E-state index in [1.54, 1.807) is 0 Å². The second-order valence-corrected chi connectivity index (χ2v) is 8.61. The van der Waals surface area contributed by atoms with E-state index in [0.717, 1.165) is 0 Å². The summed E-state index contributed by atoms with van der Waals surface area (Å²) in [7, 11) is 0. The van der Waals surface area contributed by atoms with E-state index in [1.807, 2.05) is 13.8 Å². The smallest absolute Gasteiger partial charge is 0.327 e. The van der Waals surface area contributed by atoms with Gasteiger partial charge in [0.25, 0.3) is 11.2 Å². The van der Waals surface area contributed by atoms with Crippen molar-refractivity contribution in [1.29, 1.82) is 0 Å². The molecule has 0 radical (unpaired) electrons. The van der Waals surface area contributed by atoms with Crippen LogP contribution in [-0.4, -0.2) is 27.5 Å². The lowest BCUT2D eigenvalue weighted by molar-refractivity contribution is -0.385. The maximum Gasteiger partial charge on any atom is 0.327 e. The number of Topliss-reactive ketones (excluding diaryl/α,β-unsaturated/α-hetero) is 1. The van der Waals surface area contributed by atoms with Crippen LogP contribution in [0.5, 0.6) is 11.5 Å². The molecule has 0 bridgehead atoms. The molecule has 0 saturated carbocycles. The SMILES string of the molecule is CC1(C)CC(=O)C2=C(C1)Nc1[nH]c(=O)[nH]c(=O)c1C2c1cc2c(cc1[N+](=O)[O-])OCO2. The molecule has 0 fully saturated rings. The molecule has 1 unspecified atom stereocenters. The van der Waals surface area contributed by atoms with Crippen molar-refractivity contribution >= 4 is 17.3 Å². The van der Waals surface area contributed by atoms with Gasteiger partial charge in [-0.2, -0.15) is 0 Å². The summed E-state index contributed by atoms with van der Waals surface area (Å²) in [6.45, 7) is 3.78. The van der Waals surface area contributed by atoms with Gasteiger partial charge < -0.3 is 14.8 Å². The van der Waals surface area contributed by atoms with E-state index in [0.29, 0.717) is 12.1 Å². The highest BCUT2D eigenvalue weighted by Crippen LogP contribution is 2.51. The van der Waals surface area contributed by atoms with Gasteiger partial charge in [0.05, 0.1) is 22.5 Å². The van der Waals surface area contributed by atoms with Crippen LogP contribution in [0.4, 0.5) is 11.5 Å². The van der Waals surface area contributed by atoms with E-state index in [9.17, 15) is 24.5 Å². The third-order valence-corrected chi connectivity index (χ3v) is 5.78. The number of ketones is 1. The lowest BCUT2D eigenvalue weighted by Crippen LogP contribution is -2.39. The van der Waals surface area contributed by atoms with Gasteiger partial charge in [-0.1, -0.05) is 13.8 Å². The number of nitro groups is 1. The summed E-state index contributed by atoms with van der Waals surface area (Å²) in [6, 6.07) is 2.67. The summed E-state index contributed by atoms with van der Waals surface area (Å²) in [4.78, 5) is 54.0. The molecule has 1 aliphatic carbocycles. The topological polar surface area (TPSA) is 156 Å².